The van der Waals surface area contributed by atoms with Crippen LogP contribution in [0.25, 0.3) is 22.0 Å². The molecule has 0 bridgehead atoms. The number of furan rings is 1. The third-order valence-corrected chi connectivity index (χ3v) is 13.9. The van der Waals surface area contributed by atoms with Gasteiger partial charge < -0.3 is 20.4 Å². The lowest BCUT2D eigenvalue weighted by molar-refractivity contribution is 0.0923. The minimum atomic E-state index is -4.00. The van der Waals surface area contributed by atoms with E-state index in [1.165, 1.54) is 24.5 Å². The molecule has 0 spiro atoms. The maximum absolute atomic E-state index is 15.3. The van der Waals surface area contributed by atoms with E-state index in [4.69, 9.17) is 4.42 Å². The van der Waals surface area contributed by atoms with Crippen LogP contribution >= 0.6 is 0 Å². The van der Waals surface area contributed by atoms with Gasteiger partial charge in [-0.2, -0.15) is 5.10 Å². The van der Waals surface area contributed by atoms with Gasteiger partial charge in [0.05, 0.1) is 33.8 Å². The third kappa shape index (κ3) is 9.60. The molecule has 61 heavy (non-hydrogen) atoms. The topological polar surface area (TPSA) is 217 Å². The van der Waals surface area contributed by atoms with E-state index in [1.807, 2.05) is 4.90 Å². The number of hydrogen-bond acceptors (Lipinski definition) is 12. The molecule has 0 radical (unpaired) electrons. The Morgan fingerprint density at radius 3 is 2.26 bits per heavy atom. The molecule has 1 aliphatic heterocycles. The number of carbonyl (C=O) groups is 2. The summed E-state index contributed by atoms with van der Waals surface area (Å²) >= 11 is 0. The second-order valence-corrected chi connectivity index (χ2v) is 18.5. The minimum absolute atomic E-state index is 0.00102. The molecule has 2 amide bonds. The first-order valence-corrected chi connectivity index (χ1v) is 22.5. The molecule has 1 aliphatic rings. The number of aromatic nitrogens is 5. The van der Waals surface area contributed by atoms with Gasteiger partial charge in [0.1, 0.15) is 12.0 Å². The first kappa shape index (κ1) is 41.2. The minimum Gasteiger partial charge on any atom is -0.449 e. The quantitative estimate of drug-likeness (QED) is 0.0913. The van der Waals surface area contributed by atoms with Crippen molar-refractivity contribution < 1.29 is 31.0 Å². The van der Waals surface area contributed by atoms with E-state index in [2.05, 4.69) is 51.7 Å². The molecule has 0 aliphatic carbocycles. The van der Waals surface area contributed by atoms with Crippen LogP contribution in [0, 0.1) is 0 Å². The molecular weight excluding hydrogens is 824 g/mol. The number of aromatic amines is 1. The van der Waals surface area contributed by atoms with Gasteiger partial charge in [0.25, 0.3) is 11.8 Å². The Hall–Kier alpha value is -6.54. The lowest BCUT2D eigenvalue weighted by atomic mass is 10.0. The van der Waals surface area contributed by atoms with E-state index in [0.29, 0.717) is 63.0 Å². The molecule has 1 saturated heterocycles. The molecule has 3 unspecified atom stereocenters. The van der Waals surface area contributed by atoms with Crippen LogP contribution in [0.15, 0.2) is 129 Å². The molecule has 314 valence electrons. The highest BCUT2D eigenvalue weighted by molar-refractivity contribution is 8.00. The number of anilines is 1. The van der Waals surface area contributed by atoms with Crippen molar-refractivity contribution in [1.29, 1.82) is 0 Å². The van der Waals surface area contributed by atoms with Gasteiger partial charge in [-0.15, -0.1) is 0 Å². The van der Waals surface area contributed by atoms with Crippen LogP contribution in [0.3, 0.4) is 0 Å². The van der Waals surface area contributed by atoms with Crippen molar-refractivity contribution >= 4 is 65.1 Å². The number of pyridine rings is 3. The van der Waals surface area contributed by atoms with E-state index in [1.54, 1.807) is 85.3 Å². The number of sulfonamides is 1. The first-order chi connectivity index (χ1) is 29.4. The summed E-state index contributed by atoms with van der Waals surface area (Å²) in [4.78, 5) is 40.7. The number of likely N-dealkylation sites (tertiary alicyclic amines) is 1. The monoisotopic (exact) mass is 864 g/mol. The number of benzene rings is 2. The van der Waals surface area contributed by atoms with Crippen LogP contribution in [0.1, 0.15) is 38.5 Å². The molecule has 5 N–H and O–H groups in total. The number of fused-ring (bicyclic) bond motifs is 2. The van der Waals surface area contributed by atoms with Gasteiger partial charge in [0.15, 0.2) is 17.0 Å². The second kappa shape index (κ2) is 17.6. The predicted octanol–water partition coefficient (Wildman–Crippen LogP) is 4.29. The molecule has 16 nitrogen and oxygen atoms in total. The normalized spacial score (nSPS) is 16.9. The second-order valence-electron chi connectivity index (χ2n) is 14.5. The molecule has 7 aromatic rings. The number of nitrogens with zero attached hydrogens (tertiary/aromatic N) is 5. The van der Waals surface area contributed by atoms with Gasteiger partial charge in [-0.05, 0) is 84.6 Å². The fourth-order valence-electron chi connectivity index (χ4n) is 6.85. The number of nitrogens with one attached hydrogen (secondary N) is 5. The van der Waals surface area contributed by atoms with Crippen molar-refractivity contribution in [3.63, 3.8) is 0 Å². The summed E-state index contributed by atoms with van der Waals surface area (Å²) in [6.45, 7) is 1.88. The average molecular weight is 865 g/mol. The average Bonchev–Trinajstić information content (AvgIpc) is 3.94. The van der Waals surface area contributed by atoms with Crippen molar-refractivity contribution in [2.45, 2.75) is 46.4 Å². The van der Waals surface area contributed by atoms with E-state index >= 15 is 4.39 Å². The van der Waals surface area contributed by atoms with Crippen LogP contribution < -0.4 is 20.7 Å². The molecular formula is C42H41FN10O6S2. The Bertz CT molecular complexity index is 2870. The van der Waals surface area contributed by atoms with Crippen LogP contribution in [0.4, 0.5) is 10.2 Å². The molecule has 0 saturated carbocycles. The lowest BCUT2D eigenvalue weighted by Crippen LogP contribution is -2.52. The third-order valence-electron chi connectivity index (χ3n) is 10.3. The van der Waals surface area contributed by atoms with Crippen LogP contribution in [-0.4, -0.2) is 98.8 Å². The van der Waals surface area contributed by atoms with Gasteiger partial charge in [-0.25, -0.2) is 27.5 Å². The molecule has 5 aromatic heterocycles. The maximum atomic E-state index is 15.3. The lowest BCUT2D eigenvalue weighted by Gasteiger charge is -2.34. The SMILES string of the molecule is C=S(=O)(c1ccc(CNC(=O)c2cc3ccncc3o2)cc1)c1ccc(NCCN2CCC(NS(=O)(=O)c3ccc(CNC(=O)c4cnc5[nH]ncc5c4)cc3)C(F)C2)nc1. The number of halogens is 1. The Kier molecular flexibility index (Phi) is 11.9. The summed E-state index contributed by atoms with van der Waals surface area (Å²) in [5.41, 5.74) is 2.95. The van der Waals surface area contributed by atoms with Gasteiger partial charge in [-0.1, -0.05) is 24.3 Å². The number of hydrogen-bond donors (Lipinski definition) is 5. The van der Waals surface area contributed by atoms with Crippen molar-refractivity contribution in [3.05, 3.63) is 132 Å². The number of carbonyl (C=O) groups excluding carboxylic acids is 2. The number of amides is 2. The van der Waals surface area contributed by atoms with Crippen molar-refractivity contribution in [3.8, 4) is 0 Å². The molecule has 8 rings (SSSR count). The number of rotatable bonds is 15. The predicted molar refractivity (Wildman–Crippen MR) is 228 cm³/mol. The van der Waals surface area contributed by atoms with E-state index in [9.17, 15) is 22.2 Å². The summed E-state index contributed by atoms with van der Waals surface area (Å²) in [6, 6.07) is 20.7. The van der Waals surface area contributed by atoms with E-state index in [-0.39, 0.29) is 48.5 Å². The zero-order chi connectivity index (χ0) is 42.6. The Morgan fingerprint density at radius 1 is 0.836 bits per heavy atom. The fourth-order valence-corrected chi connectivity index (χ4v) is 9.51. The summed E-state index contributed by atoms with van der Waals surface area (Å²) in [5, 5.41) is 16.9. The van der Waals surface area contributed by atoms with E-state index in [0.717, 1.165) is 10.9 Å². The molecule has 1 fully saturated rings. The Morgan fingerprint density at radius 2 is 1.56 bits per heavy atom. The smallest absolute Gasteiger partial charge is 0.287 e. The highest BCUT2D eigenvalue weighted by Gasteiger charge is 2.32. The number of H-pyrrole nitrogens is 1. The van der Waals surface area contributed by atoms with Gasteiger partial charge >= 0.3 is 0 Å². The molecule has 19 heteroatoms. The summed E-state index contributed by atoms with van der Waals surface area (Å²) in [5.74, 6) is 4.02. The van der Waals surface area contributed by atoms with Gasteiger partial charge in [0.2, 0.25) is 10.0 Å². The summed E-state index contributed by atoms with van der Waals surface area (Å²) in [7, 11) is -6.87. The van der Waals surface area contributed by atoms with Crippen LogP contribution in [0.2, 0.25) is 0 Å². The Balaban J connectivity index is 0.758. The highest BCUT2D eigenvalue weighted by atomic mass is 32.2. The molecule has 2 aromatic carbocycles. The maximum Gasteiger partial charge on any atom is 0.287 e. The fraction of sp³-hybridized carbons (Fsp3) is 0.214. The largest absolute Gasteiger partial charge is 0.449 e. The van der Waals surface area contributed by atoms with E-state index < -0.39 is 31.8 Å². The molecule has 6 heterocycles. The van der Waals surface area contributed by atoms with Crippen LogP contribution in [-0.2, 0) is 32.6 Å². The standard InChI is InChI=1S/C42H41FN10O6S2/c1-60(56,32-6-2-27(3-7-32)21-49-42(55)37-19-29-12-14-44-25-38(29)59-37)34-10-11-39(46-24-34)45-15-17-53-16-13-36(35(43)26-53)52-61(57,58)33-8-4-28(5-9-33)20-48-41(54)31-18-30-23-50-51-40(30)47-22-31/h2-12,14,18-19,22-25,35-36,52H,1,13,15-17,20-21,26H2,(H,45,46)(H,48,54)(H,49,55)(H,47,50,51). The van der Waals surface area contributed by atoms with Crippen molar-refractivity contribution in [2.75, 3.05) is 31.5 Å². The van der Waals surface area contributed by atoms with Crippen molar-refractivity contribution in [2.24, 2.45) is 0 Å². The zero-order valence-electron chi connectivity index (χ0n) is 32.6. The Labute approximate surface area is 350 Å². The van der Waals surface area contributed by atoms with Crippen molar-refractivity contribution in [1.82, 2.24) is 45.4 Å². The zero-order valence-corrected chi connectivity index (χ0v) is 34.2. The number of alkyl halides is 1. The number of piperidine rings is 1. The summed E-state index contributed by atoms with van der Waals surface area (Å²) < 4.78 is 63.5. The highest BCUT2D eigenvalue weighted by Crippen LogP contribution is 2.23. The van der Waals surface area contributed by atoms with Crippen LogP contribution in [0.5, 0.6) is 0 Å². The molecule has 3 atom stereocenters. The van der Waals surface area contributed by atoms with Gasteiger partial charge in [0, 0.05) is 76.5 Å². The first-order valence-electron chi connectivity index (χ1n) is 19.2. The van der Waals surface area contributed by atoms with Gasteiger partial charge in [-0.3, -0.25) is 28.8 Å². The summed E-state index contributed by atoms with van der Waals surface area (Å²) in [6.07, 6.45) is 6.57.